The van der Waals surface area contributed by atoms with Crippen molar-refractivity contribution in [2.24, 2.45) is 0 Å². The van der Waals surface area contributed by atoms with Gasteiger partial charge in [-0.15, -0.1) is 0 Å². The number of hydrogen-bond acceptors (Lipinski definition) is 3. The Hall–Kier alpha value is -2.12. The van der Waals surface area contributed by atoms with Crippen molar-refractivity contribution in [2.45, 2.75) is 12.8 Å². The Kier molecular flexibility index (Phi) is 3.98. The van der Waals surface area contributed by atoms with E-state index in [-0.39, 0.29) is 6.54 Å². The fourth-order valence-corrected chi connectivity index (χ4v) is 1.55. The van der Waals surface area contributed by atoms with Crippen molar-refractivity contribution in [3.05, 3.63) is 41.7 Å². The number of H-pyrrole nitrogens is 1. The summed E-state index contributed by atoms with van der Waals surface area (Å²) in [5.74, 6) is -5.69. The van der Waals surface area contributed by atoms with Crippen LogP contribution in [-0.4, -0.2) is 21.5 Å². The summed E-state index contributed by atoms with van der Waals surface area (Å²) < 4.78 is 52.0. The molecule has 0 fully saturated rings. The first kappa shape index (κ1) is 13.3. The first-order chi connectivity index (χ1) is 9.09. The Bertz CT molecular complexity index is 530. The van der Waals surface area contributed by atoms with Crippen LogP contribution in [0.2, 0.25) is 0 Å². The van der Waals surface area contributed by atoms with Crippen molar-refractivity contribution in [3.8, 4) is 0 Å². The van der Waals surface area contributed by atoms with E-state index in [0.717, 1.165) is 5.82 Å². The molecule has 4 nitrogen and oxygen atoms in total. The summed E-state index contributed by atoms with van der Waals surface area (Å²) in [6, 6.07) is 0. The van der Waals surface area contributed by atoms with Crippen LogP contribution in [-0.2, 0) is 6.42 Å². The van der Waals surface area contributed by atoms with Crippen molar-refractivity contribution in [1.29, 1.82) is 0 Å². The van der Waals surface area contributed by atoms with E-state index in [1.165, 1.54) is 0 Å². The molecule has 8 heteroatoms. The third-order valence-corrected chi connectivity index (χ3v) is 2.44. The van der Waals surface area contributed by atoms with E-state index in [9.17, 15) is 17.6 Å². The van der Waals surface area contributed by atoms with Gasteiger partial charge in [0.2, 0.25) is 11.6 Å². The fraction of sp³-hybridized carbons (Fsp3) is 0.273. The van der Waals surface area contributed by atoms with Crippen LogP contribution in [0.15, 0.2) is 12.4 Å². The Morgan fingerprint density at radius 2 is 1.79 bits per heavy atom. The number of aromatic amines is 1. The van der Waals surface area contributed by atoms with Gasteiger partial charge in [0.05, 0.1) is 0 Å². The molecule has 0 atom stereocenters. The van der Waals surface area contributed by atoms with E-state index >= 15 is 0 Å². The molecule has 0 radical (unpaired) electrons. The SMILES string of the molecule is Fc1nc(F)c(F)c(NCCCc2ncc[nH]2)c1F. The summed E-state index contributed by atoms with van der Waals surface area (Å²) in [7, 11) is 0. The van der Waals surface area contributed by atoms with Crippen LogP contribution < -0.4 is 5.32 Å². The highest BCUT2D eigenvalue weighted by atomic mass is 19.2. The van der Waals surface area contributed by atoms with E-state index in [1.54, 1.807) is 12.4 Å². The molecule has 0 aliphatic heterocycles. The van der Waals surface area contributed by atoms with Gasteiger partial charge in [0.1, 0.15) is 11.5 Å². The number of nitrogens with zero attached hydrogens (tertiary/aromatic N) is 2. The highest BCUT2D eigenvalue weighted by Crippen LogP contribution is 2.21. The average molecular weight is 274 g/mol. The maximum absolute atomic E-state index is 13.2. The van der Waals surface area contributed by atoms with Gasteiger partial charge in [0.15, 0.2) is 0 Å². The zero-order valence-corrected chi connectivity index (χ0v) is 9.68. The lowest BCUT2D eigenvalue weighted by atomic mass is 10.3. The molecule has 0 aliphatic carbocycles. The van der Waals surface area contributed by atoms with Crippen LogP contribution >= 0.6 is 0 Å². The summed E-state index contributed by atoms with van der Waals surface area (Å²) in [6.07, 6.45) is 4.25. The van der Waals surface area contributed by atoms with E-state index in [0.29, 0.717) is 12.8 Å². The van der Waals surface area contributed by atoms with E-state index in [2.05, 4.69) is 20.3 Å². The molecule has 2 aromatic rings. The summed E-state index contributed by atoms with van der Waals surface area (Å²) in [4.78, 5) is 9.29. The lowest BCUT2D eigenvalue weighted by Gasteiger charge is -2.08. The molecule has 19 heavy (non-hydrogen) atoms. The minimum absolute atomic E-state index is 0.136. The monoisotopic (exact) mass is 274 g/mol. The molecular weight excluding hydrogens is 264 g/mol. The van der Waals surface area contributed by atoms with Crippen molar-refractivity contribution in [1.82, 2.24) is 15.0 Å². The third kappa shape index (κ3) is 3.01. The Morgan fingerprint density at radius 1 is 1.11 bits per heavy atom. The average Bonchev–Trinajstić information content (AvgIpc) is 2.89. The second-order valence-electron chi connectivity index (χ2n) is 3.76. The number of aryl methyl sites for hydroxylation is 1. The maximum Gasteiger partial charge on any atom is 0.253 e. The first-order valence-corrected chi connectivity index (χ1v) is 5.51. The zero-order chi connectivity index (χ0) is 13.8. The second kappa shape index (κ2) is 5.68. The molecule has 2 aromatic heterocycles. The summed E-state index contributed by atoms with van der Waals surface area (Å²) >= 11 is 0. The van der Waals surface area contributed by atoms with Gasteiger partial charge < -0.3 is 10.3 Å². The number of imidazole rings is 1. The number of anilines is 1. The van der Waals surface area contributed by atoms with Crippen LogP contribution in [0, 0.1) is 23.5 Å². The lowest BCUT2D eigenvalue weighted by molar-refractivity contribution is 0.410. The van der Waals surface area contributed by atoms with Gasteiger partial charge in [-0.1, -0.05) is 0 Å². The number of aromatic nitrogens is 3. The van der Waals surface area contributed by atoms with Crippen LogP contribution in [0.5, 0.6) is 0 Å². The highest BCUT2D eigenvalue weighted by Gasteiger charge is 2.20. The van der Waals surface area contributed by atoms with Gasteiger partial charge in [-0.2, -0.15) is 22.5 Å². The Labute approximate surface area is 105 Å². The number of hydrogen-bond donors (Lipinski definition) is 2. The first-order valence-electron chi connectivity index (χ1n) is 5.51. The van der Waals surface area contributed by atoms with Gasteiger partial charge in [-0.05, 0) is 6.42 Å². The minimum Gasteiger partial charge on any atom is -0.380 e. The van der Waals surface area contributed by atoms with Crippen molar-refractivity contribution >= 4 is 5.69 Å². The summed E-state index contributed by atoms with van der Waals surface area (Å²) in [6.45, 7) is 0.136. The molecular formula is C11H10F4N4. The predicted molar refractivity (Wildman–Crippen MR) is 59.5 cm³/mol. The normalized spacial score (nSPS) is 10.7. The quantitative estimate of drug-likeness (QED) is 0.500. The molecule has 0 aliphatic rings. The van der Waals surface area contributed by atoms with Crippen molar-refractivity contribution in [2.75, 3.05) is 11.9 Å². The van der Waals surface area contributed by atoms with E-state index in [1.807, 2.05) is 0 Å². The topological polar surface area (TPSA) is 53.6 Å². The standard InChI is InChI=1S/C11H10F4N4/c12-7-9(8(13)11(15)19-10(7)14)18-3-1-2-6-16-4-5-17-6/h4-5H,1-3H2,(H,16,17)(H,18,19). The van der Waals surface area contributed by atoms with Crippen molar-refractivity contribution < 1.29 is 17.6 Å². The lowest BCUT2D eigenvalue weighted by Crippen LogP contribution is -2.11. The summed E-state index contributed by atoms with van der Waals surface area (Å²) in [5, 5.41) is 2.31. The molecule has 0 saturated carbocycles. The number of pyridine rings is 1. The van der Waals surface area contributed by atoms with Gasteiger partial charge in [0, 0.05) is 25.4 Å². The zero-order valence-electron chi connectivity index (χ0n) is 9.68. The molecule has 0 aromatic carbocycles. The minimum atomic E-state index is -1.67. The van der Waals surface area contributed by atoms with Crippen molar-refractivity contribution in [3.63, 3.8) is 0 Å². The second-order valence-corrected chi connectivity index (χ2v) is 3.76. The summed E-state index contributed by atoms with van der Waals surface area (Å²) in [5.41, 5.74) is -0.843. The highest BCUT2D eigenvalue weighted by molar-refractivity contribution is 5.45. The molecule has 102 valence electrons. The van der Waals surface area contributed by atoms with Crippen LogP contribution in [0.25, 0.3) is 0 Å². The maximum atomic E-state index is 13.2. The molecule has 2 N–H and O–H groups in total. The molecule has 0 saturated heterocycles. The van der Waals surface area contributed by atoms with Gasteiger partial charge in [-0.3, -0.25) is 0 Å². The Morgan fingerprint density at radius 3 is 2.37 bits per heavy atom. The molecule has 0 unspecified atom stereocenters. The molecule has 0 bridgehead atoms. The molecule has 2 heterocycles. The number of nitrogens with one attached hydrogen (secondary N) is 2. The van der Waals surface area contributed by atoms with Crippen LogP contribution in [0.3, 0.4) is 0 Å². The van der Waals surface area contributed by atoms with E-state index in [4.69, 9.17) is 0 Å². The molecule has 2 rings (SSSR count). The van der Waals surface area contributed by atoms with Gasteiger partial charge in [0.25, 0.3) is 11.9 Å². The van der Waals surface area contributed by atoms with Crippen LogP contribution in [0.4, 0.5) is 23.2 Å². The molecule has 0 spiro atoms. The van der Waals surface area contributed by atoms with Crippen LogP contribution in [0.1, 0.15) is 12.2 Å². The largest absolute Gasteiger partial charge is 0.380 e. The third-order valence-electron chi connectivity index (χ3n) is 2.44. The predicted octanol–water partition coefficient (Wildman–Crippen LogP) is 2.41. The molecule has 0 amide bonds. The van der Waals surface area contributed by atoms with Gasteiger partial charge >= 0.3 is 0 Å². The fourth-order valence-electron chi connectivity index (χ4n) is 1.55. The number of rotatable bonds is 5. The van der Waals surface area contributed by atoms with Gasteiger partial charge in [-0.25, -0.2) is 4.98 Å². The van der Waals surface area contributed by atoms with E-state index < -0.39 is 29.2 Å². The number of halogens is 4. The smallest absolute Gasteiger partial charge is 0.253 e. The Balaban J connectivity index is 1.96.